The van der Waals surface area contributed by atoms with Crippen molar-refractivity contribution in [3.05, 3.63) is 114 Å². The van der Waals surface area contributed by atoms with Crippen molar-refractivity contribution in [2.24, 2.45) is 0 Å². The smallest absolute Gasteiger partial charge is 0.258 e. The van der Waals surface area contributed by atoms with Gasteiger partial charge in [-0.3, -0.25) is 20.2 Å². The molecule has 3 aromatic rings. The van der Waals surface area contributed by atoms with E-state index in [2.05, 4.69) is 0 Å². The van der Waals surface area contributed by atoms with Crippen LogP contribution in [-0.2, 0) is 0 Å². The number of hydrogen-bond donors (Lipinski definition) is 0. The quantitative estimate of drug-likeness (QED) is 0.213. The molecule has 0 saturated carbocycles. The molecule has 0 spiro atoms. The van der Waals surface area contributed by atoms with Crippen molar-refractivity contribution in [3.8, 4) is 12.1 Å². The zero-order valence-corrected chi connectivity index (χ0v) is 18.6. The molecule has 8 nitrogen and oxygen atoms in total. The van der Waals surface area contributed by atoms with Crippen LogP contribution in [0.2, 0.25) is 0 Å². The molecule has 3 rings (SSSR count). The fourth-order valence-corrected chi connectivity index (χ4v) is 3.51. The molecule has 0 fully saturated rings. The first-order valence-electron chi connectivity index (χ1n) is 9.45. The monoisotopic (exact) mass is 490 g/mol. The maximum absolute atomic E-state index is 11.4. The number of nitriles is 2. The van der Waals surface area contributed by atoms with Crippen LogP contribution < -0.4 is 0 Å². The molecule has 0 saturated heterocycles. The largest absolute Gasteiger partial charge is 0.277 e. The van der Waals surface area contributed by atoms with Gasteiger partial charge in [0.15, 0.2) is 0 Å². The van der Waals surface area contributed by atoms with Crippen LogP contribution in [0.3, 0.4) is 0 Å². The Hall–Kier alpha value is -4.50. The van der Waals surface area contributed by atoms with Gasteiger partial charge in [-0.15, -0.1) is 0 Å². The van der Waals surface area contributed by atoms with Crippen molar-refractivity contribution in [1.82, 2.24) is 0 Å². The SMILES string of the molecule is N#Cc1ccc(/C=C(\Cl)c2cccc(/C(Cl)=C/c3ccc(C#N)cc3[N+](=O)[O-])c2)c([N+](=O)[O-])c1. The highest BCUT2D eigenvalue weighted by molar-refractivity contribution is 6.52. The Labute approximate surface area is 203 Å². The Kier molecular flexibility index (Phi) is 7.39. The Morgan fingerprint density at radius 3 is 1.50 bits per heavy atom. The fraction of sp³-hybridized carbons (Fsp3) is 0. The Morgan fingerprint density at radius 2 is 1.15 bits per heavy atom. The van der Waals surface area contributed by atoms with Crippen LogP contribution in [0, 0.1) is 42.9 Å². The molecule has 0 amide bonds. The molecule has 3 aromatic carbocycles. The minimum atomic E-state index is -0.600. The van der Waals surface area contributed by atoms with Crippen LogP contribution >= 0.6 is 23.2 Å². The van der Waals surface area contributed by atoms with E-state index < -0.39 is 9.85 Å². The summed E-state index contributed by atoms with van der Waals surface area (Å²) in [4.78, 5) is 21.5. The number of hydrogen-bond acceptors (Lipinski definition) is 6. The lowest BCUT2D eigenvalue weighted by atomic mass is 10.0. The summed E-state index contributed by atoms with van der Waals surface area (Å²) in [5.74, 6) is 0. The minimum Gasteiger partial charge on any atom is -0.258 e. The van der Waals surface area contributed by atoms with Gasteiger partial charge in [0.25, 0.3) is 11.4 Å². The summed E-state index contributed by atoms with van der Waals surface area (Å²) < 4.78 is 0. The molecule has 0 aliphatic carbocycles. The van der Waals surface area contributed by atoms with Gasteiger partial charge in [-0.1, -0.05) is 41.4 Å². The second-order valence-electron chi connectivity index (χ2n) is 6.85. The first-order chi connectivity index (χ1) is 16.2. The van der Waals surface area contributed by atoms with Gasteiger partial charge in [0, 0.05) is 22.2 Å². The van der Waals surface area contributed by atoms with E-state index >= 15 is 0 Å². The molecule has 0 aliphatic heterocycles. The standard InChI is InChI=1S/C24H12Cl2N4O4/c25-21(11-19-6-4-15(13-27)8-23(19)29(31)32)17-2-1-3-18(10-17)22(26)12-20-7-5-16(14-28)9-24(20)30(33)34/h1-12H/b21-11-,22-12-. The maximum atomic E-state index is 11.4. The normalized spacial score (nSPS) is 11.4. The van der Waals surface area contributed by atoms with E-state index in [1.165, 1.54) is 36.4 Å². The van der Waals surface area contributed by atoms with E-state index in [-0.39, 0.29) is 43.7 Å². The third kappa shape index (κ3) is 5.45. The highest BCUT2D eigenvalue weighted by Crippen LogP contribution is 2.32. The van der Waals surface area contributed by atoms with Gasteiger partial charge in [0.2, 0.25) is 0 Å². The van der Waals surface area contributed by atoms with Gasteiger partial charge < -0.3 is 0 Å². The molecule has 0 unspecified atom stereocenters. The van der Waals surface area contributed by atoms with Crippen molar-refractivity contribution in [2.75, 3.05) is 0 Å². The summed E-state index contributed by atoms with van der Waals surface area (Å²) in [6.45, 7) is 0. The third-order valence-electron chi connectivity index (χ3n) is 4.69. The summed E-state index contributed by atoms with van der Waals surface area (Å²) in [7, 11) is 0. The van der Waals surface area contributed by atoms with Crippen molar-refractivity contribution in [3.63, 3.8) is 0 Å². The number of nitrogens with zero attached hydrogens (tertiary/aromatic N) is 4. The predicted molar refractivity (Wildman–Crippen MR) is 130 cm³/mol. The molecule has 0 aliphatic rings. The lowest BCUT2D eigenvalue weighted by Crippen LogP contribution is -1.93. The summed E-state index contributed by atoms with van der Waals surface area (Å²) >= 11 is 12.8. The molecule has 0 heterocycles. The van der Waals surface area contributed by atoms with E-state index in [0.717, 1.165) is 12.1 Å². The molecule has 0 atom stereocenters. The minimum absolute atomic E-state index is 0.149. The van der Waals surface area contributed by atoms with Gasteiger partial charge in [-0.25, -0.2) is 0 Å². The molecule has 166 valence electrons. The average molecular weight is 491 g/mol. The van der Waals surface area contributed by atoms with E-state index in [9.17, 15) is 20.2 Å². The van der Waals surface area contributed by atoms with Crippen LogP contribution in [-0.4, -0.2) is 9.85 Å². The zero-order chi connectivity index (χ0) is 24.8. The van der Waals surface area contributed by atoms with Crippen molar-refractivity contribution in [1.29, 1.82) is 10.5 Å². The van der Waals surface area contributed by atoms with Crippen LogP contribution in [0.4, 0.5) is 11.4 Å². The highest BCUT2D eigenvalue weighted by atomic mass is 35.5. The average Bonchev–Trinajstić information content (AvgIpc) is 2.84. The van der Waals surface area contributed by atoms with Gasteiger partial charge in [-0.05, 0) is 53.6 Å². The zero-order valence-electron chi connectivity index (χ0n) is 17.1. The highest BCUT2D eigenvalue weighted by Gasteiger charge is 2.16. The fourth-order valence-electron chi connectivity index (χ4n) is 3.04. The van der Waals surface area contributed by atoms with Crippen molar-refractivity contribution >= 4 is 56.8 Å². The molecule has 0 N–H and O–H groups in total. The number of halogens is 2. The second-order valence-corrected chi connectivity index (χ2v) is 7.66. The predicted octanol–water partition coefficient (Wildman–Crippen LogP) is 6.72. The summed E-state index contributed by atoms with van der Waals surface area (Å²) in [5, 5.41) is 41.1. The summed E-state index contributed by atoms with van der Waals surface area (Å²) in [6.07, 6.45) is 2.81. The van der Waals surface area contributed by atoms with Crippen LogP contribution in [0.1, 0.15) is 33.4 Å². The molecule has 34 heavy (non-hydrogen) atoms. The number of nitro benzene ring substituents is 2. The Bertz CT molecular complexity index is 1360. The van der Waals surface area contributed by atoms with E-state index in [1.807, 2.05) is 12.1 Å². The van der Waals surface area contributed by atoms with Gasteiger partial charge in [0.1, 0.15) is 0 Å². The number of nitro groups is 2. The Morgan fingerprint density at radius 1 is 0.735 bits per heavy atom. The number of rotatable bonds is 6. The van der Waals surface area contributed by atoms with E-state index in [0.29, 0.717) is 11.1 Å². The molecule has 10 heteroatoms. The van der Waals surface area contributed by atoms with Gasteiger partial charge >= 0.3 is 0 Å². The van der Waals surface area contributed by atoms with Crippen LogP contribution in [0.5, 0.6) is 0 Å². The molecular formula is C24H12Cl2N4O4. The Balaban J connectivity index is 2.00. The van der Waals surface area contributed by atoms with Crippen LogP contribution in [0.15, 0.2) is 60.7 Å². The van der Waals surface area contributed by atoms with Gasteiger partial charge in [0.05, 0.1) is 44.2 Å². The maximum Gasteiger partial charge on any atom is 0.277 e. The summed E-state index contributed by atoms with van der Waals surface area (Å²) in [5.41, 5.74) is 1.20. The van der Waals surface area contributed by atoms with E-state index in [4.69, 9.17) is 33.7 Å². The second kappa shape index (κ2) is 10.4. The number of benzene rings is 3. The molecule has 0 radical (unpaired) electrons. The summed E-state index contributed by atoms with van der Waals surface area (Å²) in [6, 6.07) is 18.4. The molecule has 0 aromatic heterocycles. The molecule has 0 bridgehead atoms. The topological polar surface area (TPSA) is 134 Å². The first-order valence-corrected chi connectivity index (χ1v) is 10.2. The first kappa shape index (κ1) is 24.1. The van der Waals surface area contributed by atoms with Gasteiger partial charge in [-0.2, -0.15) is 10.5 Å². The lowest BCUT2D eigenvalue weighted by molar-refractivity contribution is -0.385. The third-order valence-corrected chi connectivity index (χ3v) is 5.35. The van der Waals surface area contributed by atoms with Crippen molar-refractivity contribution in [2.45, 2.75) is 0 Å². The lowest BCUT2D eigenvalue weighted by Gasteiger charge is -2.06. The van der Waals surface area contributed by atoms with Crippen molar-refractivity contribution < 1.29 is 9.85 Å². The van der Waals surface area contributed by atoms with E-state index in [1.54, 1.807) is 24.3 Å². The molecular weight excluding hydrogens is 479 g/mol. The van der Waals surface area contributed by atoms with Crippen LogP contribution in [0.25, 0.3) is 22.2 Å².